The Morgan fingerprint density at radius 1 is 1.46 bits per heavy atom. The number of hydrogen-bond donors (Lipinski definition) is 0. The van der Waals surface area contributed by atoms with Gasteiger partial charge in [-0.3, -0.25) is 0 Å². The van der Waals surface area contributed by atoms with Crippen molar-refractivity contribution in [2.75, 3.05) is 13.2 Å². The van der Waals surface area contributed by atoms with Crippen LogP contribution in [0.2, 0.25) is 0 Å². The first-order valence-corrected chi connectivity index (χ1v) is 4.61. The van der Waals surface area contributed by atoms with Crippen LogP contribution in [0.15, 0.2) is 12.2 Å². The number of rotatable bonds is 6. The number of esters is 1. The lowest BCUT2D eigenvalue weighted by atomic mass is 10.3. The molecule has 1 atom stereocenters. The fraction of sp³-hybridized carbons (Fsp3) is 0.700. The van der Waals surface area contributed by atoms with Crippen LogP contribution in [0.1, 0.15) is 27.2 Å². The van der Waals surface area contributed by atoms with E-state index in [1.807, 2.05) is 6.92 Å². The predicted molar refractivity (Wildman–Crippen MR) is 51.5 cm³/mol. The lowest BCUT2D eigenvalue weighted by molar-refractivity contribution is -0.139. The largest absolute Gasteiger partial charge is 0.460 e. The predicted octanol–water partition coefficient (Wildman–Crippen LogP) is 1.92. The third-order valence-corrected chi connectivity index (χ3v) is 1.61. The summed E-state index contributed by atoms with van der Waals surface area (Å²) in [6.45, 7) is 6.62. The Kier molecular flexibility index (Phi) is 7.30. The summed E-state index contributed by atoms with van der Waals surface area (Å²) in [5.74, 6) is -0.310. The second kappa shape index (κ2) is 7.80. The molecule has 76 valence electrons. The molecule has 0 spiro atoms. The molecule has 0 radical (unpaired) electrons. The van der Waals surface area contributed by atoms with Crippen LogP contribution in [-0.4, -0.2) is 25.3 Å². The molecule has 0 aliphatic carbocycles. The number of ether oxygens (including phenoxy) is 2. The summed E-state index contributed by atoms with van der Waals surface area (Å²) < 4.78 is 10.1. The van der Waals surface area contributed by atoms with Gasteiger partial charge in [-0.2, -0.15) is 0 Å². The van der Waals surface area contributed by atoms with Gasteiger partial charge in [0.2, 0.25) is 0 Å². The van der Waals surface area contributed by atoms with E-state index in [4.69, 9.17) is 9.47 Å². The average Bonchev–Trinajstić information content (AvgIpc) is 2.12. The Morgan fingerprint density at radius 3 is 2.69 bits per heavy atom. The fourth-order valence-corrected chi connectivity index (χ4v) is 0.694. The molecule has 0 fully saturated rings. The highest BCUT2D eigenvalue weighted by Gasteiger charge is 1.99. The van der Waals surface area contributed by atoms with Gasteiger partial charge in [0.15, 0.2) is 0 Å². The van der Waals surface area contributed by atoms with Crippen molar-refractivity contribution in [2.45, 2.75) is 33.3 Å². The van der Waals surface area contributed by atoms with E-state index in [0.29, 0.717) is 13.2 Å². The van der Waals surface area contributed by atoms with E-state index in [9.17, 15) is 4.79 Å². The molecule has 0 amide bonds. The van der Waals surface area contributed by atoms with Crippen molar-refractivity contribution < 1.29 is 14.3 Å². The molecule has 0 aromatic rings. The Labute approximate surface area is 79.7 Å². The second-order valence-electron chi connectivity index (χ2n) is 2.76. The van der Waals surface area contributed by atoms with Gasteiger partial charge in [-0.25, -0.2) is 4.79 Å². The molecule has 0 aromatic carbocycles. The zero-order chi connectivity index (χ0) is 10.1. The molecule has 13 heavy (non-hydrogen) atoms. The van der Waals surface area contributed by atoms with Crippen molar-refractivity contribution in [3.05, 3.63) is 12.2 Å². The summed E-state index contributed by atoms with van der Waals surface area (Å²) in [5.41, 5.74) is 0. The first-order valence-electron chi connectivity index (χ1n) is 4.61. The smallest absolute Gasteiger partial charge is 0.330 e. The number of allylic oxidation sites excluding steroid dienone is 1. The minimum absolute atomic E-state index is 0.236. The minimum atomic E-state index is -0.310. The van der Waals surface area contributed by atoms with Crippen molar-refractivity contribution in [1.29, 1.82) is 0 Å². The first kappa shape index (κ1) is 12.2. The quantitative estimate of drug-likeness (QED) is 0.361. The van der Waals surface area contributed by atoms with E-state index in [0.717, 1.165) is 6.42 Å². The summed E-state index contributed by atoms with van der Waals surface area (Å²) in [6, 6.07) is 0. The van der Waals surface area contributed by atoms with Gasteiger partial charge < -0.3 is 9.47 Å². The third kappa shape index (κ3) is 7.53. The van der Waals surface area contributed by atoms with Gasteiger partial charge in [0.25, 0.3) is 0 Å². The van der Waals surface area contributed by atoms with E-state index >= 15 is 0 Å². The summed E-state index contributed by atoms with van der Waals surface area (Å²) in [6.07, 6.45) is 4.25. The minimum Gasteiger partial charge on any atom is -0.460 e. The van der Waals surface area contributed by atoms with Crippen molar-refractivity contribution in [3.63, 3.8) is 0 Å². The third-order valence-electron chi connectivity index (χ3n) is 1.61. The number of carbonyl (C=O) groups excluding carboxylic acids is 1. The van der Waals surface area contributed by atoms with Crippen LogP contribution in [0.25, 0.3) is 0 Å². The summed E-state index contributed by atoms with van der Waals surface area (Å²) in [7, 11) is 0. The molecule has 3 nitrogen and oxygen atoms in total. The van der Waals surface area contributed by atoms with Crippen LogP contribution in [0, 0.1) is 0 Å². The number of carbonyl (C=O) groups is 1. The maximum absolute atomic E-state index is 10.8. The van der Waals surface area contributed by atoms with Gasteiger partial charge in [0, 0.05) is 6.08 Å². The lowest BCUT2D eigenvalue weighted by Crippen LogP contribution is -2.13. The van der Waals surface area contributed by atoms with E-state index in [-0.39, 0.29) is 12.1 Å². The maximum atomic E-state index is 10.8. The second-order valence-corrected chi connectivity index (χ2v) is 2.76. The molecule has 3 heteroatoms. The fourth-order valence-electron chi connectivity index (χ4n) is 0.694. The molecule has 0 saturated carbocycles. The Hall–Kier alpha value is -0.830. The molecule has 0 aliphatic heterocycles. The highest BCUT2D eigenvalue weighted by molar-refractivity contribution is 5.81. The van der Waals surface area contributed by atoms with Gasteiger partial charge in [-0.15, -0.1) is 0 Å². The molecule has 0 bridgehead atoms. The first-order chi connectivity index (χ1) is 6.20. The van der Waals surface area contributed by atoms with Crippen LogP contribution < -0.4 is 0 Å². The van der Waals surface area contributed by atoms with Gasteiger partial charge >= 0.3 is 5.97 Å². The van der Waals surface area contributed by atoms with Crippen LogP contribution in [0.5, 0.6) is 0 Å². The normalized spacial score (nSPS) is 13.2. The SMILES string of the molecule is C/C=C/C(=O)OCCOC(C)CC. The topological polar surface area (TPSA) is 35.5 Å². The molecule has 0 heterocycles. The van der Waals surface area contributed by atoms with Gasteiger partial charge in [0.05, 0.1) is 12.7 Å². The highest BCUT2D eigenvalue weighted by Crippen LogP contribution is 1.95. The van der Waals surface area contributed by atoms with Crippen LogP contribution in [0.4, 0.5) is 0 Å². The van der Waals surface area contributed by atoms with E-state index in [1.54, 1.807) is 13.0 Å². The molecule has 0 N–H and O–H groups in total. The zero-order valence-electron chi connectivity index (χ0n) is 8.58. The van der Waals surface area contributed by atoms with Crippen LogP contribution in [-0.2, 0) is 14.3 Å². The summed E-state index contributed by atoms with van der Waals surface area (Å²) in [5, 5.41) is 0. The number of hydrogen-bond acceptors (Lipinski definition) is 3. The van der Waals surface area contributed by atoms with Crippen LogP contribution >= 0.6 is 0 Å². The maximum Gasteiger partial charge on any atom is 0.330 e. The summed E-state index contributed by atoms with van der Waals surface area (Å²) >= 11 is 0. The average molecular weight is 186 g/mol. The van der Waals surface area contributed by atoms with Gasteiger partial charge in [-0.1, -0.05) is 13.0 Å². The molecule has 0 aromatic heterocycles. The van der Waals surface area contributed by atoms with E-state index < -0.39 is 0 Å². The Bertz CT molecular complexity index is 164. The zero-order valence-corrected chi connectivity index (χ0v) is 8.58. The van der Waals surface area contributed by atoms with Crippen molar-refractivity contribution in [2.24, 2.45) is 0 Å². The van der Waals surface area contributed by atoms with Gasteiger partial charge in [-0.05, 0) is 20.3 Å². The Balaban J connectivity index is 3.30. The van der Waals surface area contributed by atoms with Crippen LogP contribution in [0.3, 0.4) is 0 Å². The molecule has 0 saturated heterocycles. The molecular weight excluding hydrogens is 168 g/mol. The van der Waals surface area contributed by atoms with E-state index in [2.05, 4.69) is 6.92 Å². The van der Waals surface area contributed by atoms with Crippen molar-refractivity contribution in [3.8, 4) is 0 Å². The molecule has 1 unspecified atom stereocenters. The lowest BCUT2D eigenvalue weighted by Gasteiger charge is -2.09. The monoisotopic (exact) mass is 186 g/mol. The molecule has 0 aliphatic rings. The van der Waals surface area contributed by atoms with E-state index in [1.165, 1.54) is 6.08 Å². The summed E-state index contributed by atoms with van der Waals surface area (Å²) in [4.78, 5) is 10.8. The molecular formula is C10H18O3. The van der Waals surface area contributed by atoms with Crippen molar-refractivity contribution >= 4 is 5.97 Å². The Morgan fingerprint density at radius 2 is 2.15 bits per heavy atom. The van der Waals surface area contributed by atoms with Gasteiger partial charge in [0.1, 0.15) is 6.61 Å². The standard InChI is InChI=1S/C10H18O3/c1-4-6-10(11)13-8-7-12-9(3)5-2/h4,6,9H,5,7-8H2,1-3H3/b6-4+. The molecule has 0 rings (SSSR count). The van der Waals surface area contributed by atoms with Crippen molar-refractivity contribution in [1.82, 2.24) is 0 Å². The highest BCUT2D eigenvalue weighted by atomic mass is 16.6.